The van der Waals surface area contributed by atoms with E-state index < -0.39 is 0 Å². The van der Waals surface area contributed by atoms with Gasteiger partial charge in [-0.15, -0.1) is 0 Å². The van der Waals surface area contributed by atoms with E-state index in [1.54, 1.807) is 11.4 Å². The molecule has 1 aromatic heterocycles. The summed E-state index contributed by atoms with van der Waals surface area (Å²) in [5, 5.41) is 8.69. The molecule has 0 spiro atoms. The molecule has 11 aliphatic rings. The van der Waals surface area contributed by atoms with Gasteiger partial charge in [0.1, 0.15) is 5.82 Å². The van der Waals surface area contributed by atoms with E-state index in [0.29, 0.717) is 65.9 Å². The van der Waals surface area contributed by atoms with Gasteiger partial charge in [0.2, 0.25) is 0 Å². The molecule has 298 valence electrons. The highest BCUT2D eigenvalue weighted by atomic mass is 15.4. The number of benzene rings is 2. The van der Waals surface area contributed by atoms with Gasteiger partial charge in [-0.1, -0.05) is 80.3 Å². The van der Waals surface area contributed by atoms with Crippen molar-refractivity contribution in [3.8, 4) is 0 Å². The molecule has 15 unspecified atom stereocenters. The van der Waals surface area contributed by atoms with Crippen LogP contribution >= 0.6 is 0 Å². The molecule has 3 aromatic rings. The molecular weight excluding hydrogens is 707 g/mol. The molecule has 6 nitrogen and oxygen atoms in total. The van der Waals surface area contributed by atoms with Gasteiger partial charge in [-0.05, 0) is 141 Å². The van der Waals surface area contributed by atoms with Gasteiger partial charge in [0, 0.05) is 71.2 Å². The normalized spacial score (nSPS) is 42.9. The Morgan fingerprint density at radius 1 is 0.603 bits per heavy atom. The fourth-order valence-corrected chi connectivity index (χ4v) is 17.4. The Hall–Kier alpha value is -3.55. The molecule has 15 atom stereocenters. The number of anilines is 1. The van der Waals surface area contributed by atoms with Crippen molar-refractivity contribution in [2.24, 2.45) is 17.8 Å². The summed E-state index contributed by atoms with van der Waals surface area (Å²) in [4.78, 5) is 14.6. The molecule has 7 fully saturated rings. The number of pyridine rings is 1. The molecule has 14 rings (SSSR count). The fourth-order valence-electron chi connectivity index (χ4n) is 17.4. The number of allylic oxidation sites excluding steroid dienone is 1. The number of piperidine rings is 2. The molecule has 7 aliphatic heterocycles. The minimum absolute atomic E-state index is 0.468. The third-order valence-electron chi connectivity index (χ3n) is 18.9. The molecular formula is C51H61BN6. The molecule has 2 N–H and O–H groups in total. The number of nitrogens with zero attached hydrogens (tertiary/aromatic N) is 4. The van der Waals surface area contributed by atoms with Gasteiger partial charge in [-0.3, -0.25) is 4.98 Å². The van der Waals surface area contributed by atoms with Crippen LogP contribution in [0.2, 0.25) is 17.5 Å². The molecule has 2 aromatic carbocycles. The van der Waals surface area contributed by atoms with Crippen LogP contribution in [0.4, 0.5) is 5.69 Å². The molecule has 4 aliphatic carbocycles. The second kappa shape index (κ2) is 13.0. The van der Waals surface area contributed by atoms with Crippen LogP contribution < -0.4 is 15.5 Å². The zero-order chi connectivity index (χ0) is 37.6. The second-order valence-corrected chi connectivity index (χ2v) is 20.9. The Labute approximate surface area is 346 Å². The number of rotatable bonds is 3. The largest absolute Gasteiger partial charge is 0.367 e. The molecule has 4 saturated heterocycles. The first-order chi connectivity index (χ1) is 28.8. The Morgan fingerprint density at radius 3 is 2.05 bits per heavy atom. The lowest BCUT2D eigenvalue weighted by atomic mass is 9.19. The predicted molar refractivity (Wildman–Crippen MR) is 233 cm³/mol. The van der Waals surface area contributed by atoms with Crippen molar-refractivity contribution in [2.45, 2.75) is 155 Å². The summed E-state index contributed by atoms with van der Waals surface area (Å²) in [6, 6.07) is 34.3. The summed E-state index contributed by atoms with van der Waals surface area (Å²) in [5.74, 6) is 7.12. The Morgan fingerprint density at radius 2 is 1.28 bits per heavy atom. The maximum atomic E-state index is 5.22. The molecule has 7 heteroatoms. The first-order valence-electron chi connectivity index (χ1n) is 24.1. The lowest BCUT2D eigenvalue weighted by Crippen LogP contribution is -2.75. The fraction of sp³-hybridized carbons (Fsp3) is 0.588. The first-order valence-corrected chi connectivity index (χ1v) is 24.1. The van der Waals surface area contributed by atoms with Crippen molar-refractivity contribution < 1.29 is 0 Å². The van der Waals surface area contributed by atoms with Gasteiger partial charge in [0.25, 0.3) is 0 Å². The first kappa shape index (κ1) is 34.2. The van der Waals surface area contributed by atoms with E-state index in [2.05, 4.69) is 110 Å². The summed E-state index contributed by atoms with van der Waals surface area (Å²) >= 11 is 0. The number of hydrogen-bond donors (Lipinski definition) is 2. The molecule has 58 heavy (non-hydrogen) atoms. The van der Waals surface area contributed by atoms with Crippen LogP contribution in [0, 0.1) is 17.8 Å². The molecule has 0 bridgehead atoms. The van der Waals surface area contributed by atoms with Crippen molar-refractivity contribution in [1.82, 2.24) is 25.4 Å². The summed E-state index contributed by atoms with van der Waals surface area (Å²) in [7, 11) is 0. The highest BCUT2D eigenvalue weighted by molar-refractivity contribution is 6.65. The van der Waals surface area contributed by atoms with Crippen LogP contribution in [-0.2, 0) is 0 Å². The molecule has 0 radical (unpaired) electrons. The predicted octanol–water partition coefficient (Wildman–Crippen LogP) is 8.96. The van der Waals surface area contributed by atoms with E-state index in [0.717, 1.165) is 30.2 Å². The van der Waals surface area contributed by atoms with E-state index in [-0.39, 0.29) is 0 Å². The number of aromatic nitrogens is 1. The molecule has 8 heterocycles. The molecule has 3 saturated carbocycles. The maximum Gasteiger partial charge on any atom is 0.159 e. The topological polar surface area (TPSA) is 46.7 Å². The molecule has 0 amide bonds. The Kier molecular flexibility index (Phi) is 7.65. The monoisotopic (exact) mass is 769 g/mol. The van der Waals surface area contributed by atoms with Crippen molar-refractivity contribution in [2.75, 3.05) is 18.0 Å². The summed E-state index contributed by atoms with van der Waals surface area (Å²) in [6.45, 7) is 3.18. The number of fused-ring (bicyclic) bond motifs is 12. The van der Waals surface area contributed by atoms with Crippen molar-refractivity contribution in [3.05, 3.63) is 119 Å². The van der Waals surface area contributed by atoms with Crippen LogP contribution in [0.25, 0.3) is 0 Å². The third kappa shape index (κ3) is 4.56. The van der Waals surface area contributed by atoms with Crippen molar-refractivity contribution >= 4 is 12.4 Å². The van der Waals surface area contributed by atoms with Crippen LogP contribution in [0.3, 0.4) is 0 Å². The van der Waals surface area contributed by atoms with E-state index in [4.69, 9.17) is 4.98 Å². The van der Waals surface area contributed by atoms with Gasteiger partial charge in [-0.2, -0.15) is 0 Å². The lowest BCUT2D eigenvalue weighted by molar-refractivity contribution is 0.0182. The second-order valence-electron chi connectivity index (χ2n) is 20.9. The Balaban J connectivity index is 0.977. The SMILES string of the molecule is c1ccc(C2CC3CCCCC3C3=C2N2C4CC(c5ccccn5)CC5C4B(C4CCNC3C42)C2CCNC3C4=C(N(c6ccccc6)C6CCCCC46)N5C23)cc1. The quantitative estimate of drug-likeness (QED) is 0.260. The highest BCUT2D eigenvalue weighted by Crippen LogP contribution is 2.69. The summed E-state index contributed by atoms with van der Waals surface area (Å²) in [6.07, 6.45) is 19.7. The zero-order valence-corrected chi connectivity index (χ0v) is 34.2. The maximum absolute atomic E-state index is 5.22. The van der Waals surface area contributed by atoms with E-state index in [1.807, 2.05) is 16.8 Å². The third-order valence-corrected chi connectivity index (χ3v) is 18.9. The van der Waals surface area contributed by atoms with Crippen LogP contribution in [-0.4, -0.2) is 76.9 Å². The number of hydrogen-bond acceptors (Lipinski definition) is 6. The highest BCUT2D eigenvalue weighted by Gasteiger charge is 2.71. The van der Waals surface area contributed by atoms with Crippen molar-refractivity contribution in [1.29, 1.82) is 0 Å². The smallest absolute Gasteiger partial charge is 0.159 e. The standard InChI is InChI=1S/C51H61BN6/c1-3-13-30(14-4-1)36-27-31-15-7-8-18-34(31)43-46-49-37(22-25-54-46)52-38-23-26-55-47-44-35-19-9-10-21-40(35)56(33-16-5-2-6-17-33)51(44)58(50(38)47)42-29-32(39-20-11-12-24-53-39)28-41(45(42)52)57(49)48(36)43/h1-6,11-14,16-17,20,24,31-32,34-38,40-42,45-47,49-50,54-55H,7-10,15,18-19,21-23,25-29H2. The van der Waals surface area contributed by atoms with Crippen LogP contribution in [0.15, 0.2) is 108 Å². The summed E-state index contributed by atoms with van der Waals surface area (Å²) in [5.41, 5.74) is 9.90. The minimum atomic E-state index is 0.468. The number of nitrogens with one attached hydrogen (secondary N) is 2. The van der Waals surface area contributed by atoms with E-state index in [9.17, 15) is 0 Å². The average Bonchev–Trinajstić information content (AvgIpc) is 3.94. The van der Waals surface area contributed by atoms with E-state index in [1.165, 1.54) is 108 Å². The summed E-state index contributed by atoms with van der Waals surface area (Å²) < 4.78 is 0. The van der Waals surface area contributed by atoms with Gasteiger partial charge in [0.05, 0.1) is 12.1 Å². The minimum Gasteiger partial charge on any atom is -0.367 e. The lowest BCUT2D eigenvalue weighted by Gasteiger charge is -2.68. The number of para-hydroxylation sites is 1. The van der Waals surface area contributed by atoms with Gasteiger partial charge in [0.15, 0.2) is 6.71 Å². The van der Waals surface area contributed by atoms with Crippen molar-refractivity contribution in [3.63, 3.8) is 0 Å². The zero-order valence-electron chi connectivity index (χ0n) is 34.2. The van der Waals surface area contributed by atoms with Gasteiger partial charge < -0.3 is 25.3 Å². The van der Waals surface area contributed by atoms with E-state index >= 15 is 0 Å². The van der Waals surface area contributed by atoms with Crippen LogP contribution in [0.1, 0.15) is 107 Å². The van der Waals surface area contributed by atoms with Gasteiger partial charge in [-0.25, -0.2) is 0 Å². The van der Waals surface area contributed by atoms with Crippen LogP contribution in [0.5, 0.6) is 0 Å². The average molecular weight is 769 g/mol. The Bertz CT molecular complexity index is 2140. The van der Waals surface area contributed by atoms with Gasteiger partial charge >= 0.3 is 0 Å².